The van der Waals surface area contributed by atoms with Gasteiger partial charge in [0, 0.05) is 13.3 Å². The molecule has 0 saturated heterocycles. The van der Waals surface area contributed by atoms with Gasteiger partial charge in [-0.3, -0.25) is 4.99 Å². The lowest BCUT2D eigenvalue weighted by atomic mass is 10.3. The quantitative estimate of drug-likeness (QED) is 0.579. The van der Waals surface area contributed by atoms with Gasteiger partial charge in [-0.05, 0) is 18.9 Å². The van der Waals surface area contributed by atoms with Crippen LogP contribution in [0.1, 0.15) is 53.4 Å². The first-order chi connectivity index (χ1) is 6.76. The minimum Gasteiger partial charge on any atom is -0.297 e. The monoisotopic (exact) mass is 197 g/mol. The highest BCUT2D eigenvalue weighted by atomic mass is 14.6. The molecule has 1 saturated carbocycles. The van der Waals surface area contributed by atoms with Gasteiger partial charge in [0.15, 0.2) is 0 Å². The summed E-state index contributed by atoms with van der Waals surface area (Å²) >= 11 is 0. The molecule has 0 spiro atoms. The fourth-order valence-electron chi connectivity index (χ4n) is 0.698. The fraction of sp³-hybridized carbons (Fsp3) is 0.769. The molecule has 0 aromatic heterocycles. The van der Waals surface area contributed by atoms with Gasteiger partial charge in [0.2, 0.25) is 0 Å². The molecular weight excluding hydrogens is 170 g/mol. The zero-order chi connectivity index (χ0) is 11.2. The first-order valence-corrected chi connectivity index (χ1v) is 5.80. The van der Waals surface area contributed by atoms with Crippen molar-refractivity contribution in [1.29, 1.82) is 0 Å². The molecule has 0 amide bonds. The van der Waals surface area contributed by atoms with Gasteiger partial charge in [-0.15, -0.1) is 0 Å². The summed E-state index contributed by atoms with van der Waals surface area (Å²) in [5, 5.41) is 0. The van der Waals surface area contributed by atoms with E-state index in [2.05, 4.69) is 25.8 Å². The maximum atomic E-state index is 3.71. The van der Waals surface area contributed by atoms with E-state index in [1.54, 1.807) is 13.3 Å². The Labute approximate surface area is 90.3 Å². The van der Waals surface area contributed by atoms with Crippen molar-refractivity contribution in [2.75, 3.05) is 7.05 Å². The van der Waals surface area contributed by atoms with Crippen molar-refractivity contribution in [1.82, 2.24) is 0 Å². The second-order valence-corrected chi connectivity index (χ2v) is 3.49. The Morgan fingerprint density at radius 2 is 1.71 bits per heavy atom. The number of hydrogen-bond acceptors (Lipinski definition) is 1. The van der Waals surface area contributed by atoms with E-state index in [1.165, 1.54) is 25.7 Å². The topological polar surface area (TPSA) is 12.4 Å². The van der Waals surface area contributed by atoms with Gasteiger partial charge in [-0.1, -0.05) is 52.5 Å². The molecule has 1 heteroatoms. The van der Waals surface area contributed by atoms with Crippen molar-refractivity contribution < 1.29 is 0 Å². The van der Waals surface area contributed by atoms with Gasteiger partial charge in [0.05, 0.1) is 0 Å². The van der Waals surface area contributed by atoms with Crippen molar-refractivity contribution in [2.24, 2.45) is 10.9 Å². The average molecular weight is 197 g/mol. The van der Waals surface area contributed by atoms with Gasteiger partial charge in [-0.2, -0.15) is 0 Å². The van der Waals surface area contributed by atoms with Crippen molar-refractivity contribution in [2.45, 2.75) is 53.4 Å². The van der Waals surface area contributed by atoms with Gasteiger partial charge in [0.1, 0.15) is 0 Å². The molecule has 84 valence electrons. The number of allylic oxidation sites excluding steroid dienone is 2. The summed E-state index contributed by atoms with van der Waals surface area (Å²) in [5.41, 5.74) is 0. The number of rotatable bonds is 2. The molecular formula is C13H27N. The Morgan fingerprint density at radius 3 is 1.79 bits per heavy atom. The van der Waals surface area contributed by atoms with Crippen molar-refractivity contribution in [3.8, 4) is 0 Å². The van der Waals surface area contributed by atoms with Crippen LogP contribution in [0.25, 0.3) is 0 Å². The molecule has 1 rings (SSSR count). The molecule has 1 aliphatic rings. The third kappa shape index (κ3) is 22.5. The number of nitrogens with zero attached hydrogens (tertiary/aromatic N) is 1. The molecule has 1 nitrogen and oxygen atoms in total. The molecule has 0 N–H and O–H groups in total. The SMILES string of the molecule is C/C=C\C=NC.CCC.CCC1CC1. The fourth-order valence-corrected chi connectivity index (χ4v) is 0.698. The Kier molecular flexibility index (Phi) is 16.9. The van der Waals surface area contributed by atoms with Crippen LogP contribution in [0.3, 0.4) is 0 Å². The van der Waals surface area contributed by atoms with Gasteiger partial charge in [0.25, 0.3) is 0 Å². The van der Waals surface area contributed by atoms with Crippen LogP contribution in [0.5, 0.6) is 0 Å². The zero-order valence-corrected chi connectivity index (χ0v) is 10.6. The second-order valence-electron chi connectivity index (χ2n) is 3.49. The Bertz CT molecular complexity index is 122. The van der Waals surface area contributed by atoms with Crippen LogP contribution >= 0.6 is 0 Å². The minimum atomic E-state index is 1.13. The van der Waals surface area contributed by atoms with Gasteiger partial charge >= 0.3 is 0 Å². The summed E-state index contributed by atoms with van der Waals surface area (Å²) < 4.78 is 0. The molecule has 0 unspecified atom stereocenters. The maximum Gasteiger partial charge on any atom is 0.0277 e. The molecule has 0 aromatic carbocycles. The average Bonchev–Trinajstić information content (AvgIpc) is 3.00. The molecule has 0 radical (unpaired) electrons. The smallest absolute Gasteiger partial charge is 0.0277 e. The van der Waals surface area contributed by atoms with E-state index in [9.17, 15) is 0 Å². The predicted octanol–water partition coefficient (Wildman–Crippen LogP) is 4.49. The van der Waals surface area contributed by atoms with Crippen LogP contribution < -0.4 is 0 Å². The lowest BCUT2D eigenvalue weighted by Crippen LogP contribution is -1.59. The summed E-state index contributed by atoms with van der Waals surface area (Å²) in [5.74, 6) is 1.13. The summed E-state index contributed by atoms with van der Waals surface area (Å²) in [6.45, 7) is 8.47. The molecule has 1 fully saturated rings. The minimum absolute atomic E-state index is 1.13. The molecule has 0 heterocycles. The van der Waals surface area contributed by atoms with Gasteiger partial charge in [-0.25, -0.2) is 0 Å². The molecule has 0 aliphatic heterocycles. The highest BCUT2D eigenvalue weighted by molar-refractivity contribution is 5.70. The largest absolute Gasteiger partial charge is 0.297 e. The van der Waals surface area contributed by atoms with E-state index in [0.717, 1.165) is 5.92 Å². The molecule has 1 aliphatic carbocycles. The summed E-state index contributed by atoms with van der Waals surface area (Å²) in [6, 6.07) is 0. The summed E-state index contributed by atoms with van der Waals surface area (Å²) in [4.78, 5) is 3.71. The summed E-state index contributed by atoms with van der Waals surface area (Å²) in [7, 11) is 1.75. The molecule has 0 bridgehead atoms. The van der Waals surface area contributed by atoms with E-state index >= 15 is 0 Å². The van der Waals surface area contributed by atoms with E-state index < -0.39 is 0 Å². The Balaban J connectivity index is 0. The lowest BCUT2D eigenvalue weighted by molar-refractivity contribution is 0.799. The third-order valence-electron chi connectivity index (χ3n) is 1.70. The van der Waals surface area contributed by atoms with Crippen LogP contribution in [0.4, 0.5) is 0 Å². The van der Waals surface area contributed by atoms with Crippen LogP contribution in [0.15, 0.2) is 17.1 Å². The van der Waals surface area contributed by atoms with E-state index in [1.807, 2.05) is 19.1 Å². The van der Waals surface area contributed by atoms with E-state index in [0.29, 0.717) is 0 Å². The van der Waals surface area contributed by atoms with Crippen LogP contribution in [0.2, 0.25) is 0 Å². The van der Waals surface area contributed by atoms with Gasteiger partial charge < -0.3 is 0 Å². The number of aliphatic imine (C=N–C) groups is 1. The maximum absolute atomic E-state index is 3.71. The summed E-state index contributed by atoms with van der Waals surface area (Å²) in [6.07, 6.45) is 11.3. The number of hydrogen-bond donors (Lipinski definition) is 0. The lowest BCUT2D eigenvalue weighted by Gasteiger charge is -1.72. The molecule has 0 atom stereocenters. The van der Waals surface area contributed by atoms with E-state index in [4.69, 9.17) is 0 Å². The van der Waals surface area contributed by atoms with Crippen LogP contribution in [-0.4, -0.2) is 13.3 Å². The van der Waals surface area contributed by atoms with Crippen LogP contribution in [0, 0.1) is 5.92 Å². The third-order valence-corrected chi connectivity index (χ3v) is 1.70. The normalized spacial score (nSPS) is 14.6. The Hall–Kier alpha value is -0.590. The first-order valence-electron chi connectivity index (χ1n) is 5.80. The predicted molar refractivity (Wildman–Crippen MR) is 68.2 cm³/mol. The van der Waals surface area contributed by atoms with Crippen molar-refractivity contribution in [3.63, 3.8) is 0 Å². The highest BCUT2D eigenvalue weighted by Gasteiger charge is 2.17. The zero-order valence-electron chi connectivity index (χ0n) is 10.6. The van der Waals surface area contributed by atoms with Crippen molar-refractivity contribution >= 4 is 6.21 Å². The molecule has 0 aromatic rings. The Morgan fingerprint density at radius 1 is 1.21 bits per heavy atom. The van der Waals surface area contributed by atoms with Crippen LogP contribution in [-0.2, 0) is 0 Å². The van der Waals surface area contributed by atoms with Crippen molar-refractivity contribution in [3.05, 3.63) is 12.2 Å². The second kappa shape index (κ2) is 14.9. The first kappa shape index (κ1) is 15.9. The molecule has 14 heavy (non-hydrogen) atoms. The highest BCUT2D eigenvalue weighted by Crippen LogP contribution is 2.31. The van der Waals surface area contributed by atoms with E-state index in [-0.39, 0.29) is 0 Å². The standard InChI is InChI=1S/C5H9N.C5H10.C3H8/c1-3-4-5-6-2;1-2-5-3-4-5;1-3-2/h3-5H,1-2H3;5H,2-4H2,1H3;3H2,1-2H3/b4-3-,6-5?;;.